The van der Waals surface area contributed by atoms with Crippen LogP contribution in [0.2, 0.25) is 0 Å². The van der Waals surface area contributed by atoms with Crippen LogP contribution in [0, 0.1) is 46.3 Å². The first-order valence-electron chi connectivity index (χ1n) is 13.1. The summed E-state index contributed by atoms with van der Waals surface area (Å²) < 4.78 is 0. The average Bonchev–Trinajstić information content (AvgIpc) is 3.05. The van der Waals surface area contributed by atoms with Crippen LogP contribution in [-0.2, 0) is 0 Å². The van der Waals surface area contributed by atoms with Crippen molar-refractivity contribution in [2.75, 3.05) is 0 Å². The highest BCUT2D eigenvalue weighted by Gasteiger charge is 2.59. The molecule has 0 amide bonds. The molecule has 4 aliphatic carbocycles. The molecule has 0 bridgehead atoms. The summed E-state index contributed by atoms with van der Waals surface area (Å²) in [5.74, 6) is 6.28. The number of hydrogen-bond acceptors (Lipinski definition) is 0. The average molecular weight is 387 g/mol. The van der Waals surface area contributed by atoms with Gasteiger partial charge in [0.1, 0.15) is 0 Å². The summed E-state index contributed by atoms with van der Waals surface area (Å²) in [6, 6.07) is 0. The summed E-state index contributed by atoms with van der Waals surface area (Å²) in [5.41, 5.74) is 1.36. The van der Waals surface area contributed by atoms with Gasteiger partial charge in [-0.1, -0.05) is 47.1 Å². The lowest BCUT2D eigenvalue weighted by atomic mass is 9.44. The Morgan fingerprint density at radius 2 is 1.61 bits per heavy atom. The molecule has 4 saturated carbocycles. The minimum Gasteiger partial charge on any atom is -0.103 e. The molecular weight excluding hydrogens is 336 g/mol. The van der Waals surface area contributed by atoms with E-state index in [2.05, 4.69) is 33.4 Å². The van der Waals surface area contributed by atoms with Crippen LogP contribution in [0.5, 0.6) is 0 Å². The van der Waals surface area contributed by atoms with E-state index in [4.69, 9.17) is 0 Å². The fraction of sp³-hybridized carbons (Fsp3) is 0.929. The maximum atomic E-state index is 3.93. The highest BCUT2D eigenvalue weighted by molar-refractivity contribution is 5.09. The van der Waals surface area contributed by atoms with Crippen LogP contribution < -0.4 is 0 Å². The van der Waals surface area contributed by atoms with E-state index < -0.39 is 0 Å². The van der Waals surface area contributed by atoms with Gasteiger partial charge in [0.2, 0.25) is 0 Å². The van der Waals surface area contributed by atoms with Crippen molar-refractivity contribution in [2.24, 2.45) is 46.3 Å². The van der Waals surface area contributed by atoms with E-state index in [1.165, 1.54) is 44.9 Å². The van der Waals surface area contributed by atoms with Crippen LogP contribution in [-0.4, -0.2) is 0 Å². The molecule has 0 heteroatoms. The van der Waals surface area contributed by atoms with Crippen LogP contribution >= 0.6 is 0 Å². The molecule has 0 aromatic rings. The molecule has 0 aliphatic heterocycles. The second kappa shape index (κ2) is 9.26. The van der Waals surface area contributed by atoms with Crippen molar-refractivity contribution >= 4 is 0 Å². The number of fused-ring (bicyclic) bond motifs is 5. The molecule has 4 rings (SSSR count). The number of unbranched alkanes of at least 4 members (excludes halogenated alkanes) is 1. The fourth-order valence-electron chi connectivity index (χ4n) is 8.81. The molecule has 0 spiro atoms. The van der Waals surface area contributed by atoms with E-state index >= 15 is 0 Å². The van der Waals surface area contributed by atoms with Crippen molar-refractivity contribution in [3.8, 4) is 0 Å². The van der Waals surface area contributed by atoms with Gasteiger partial charge in [0.25, 0.3) is 0 Å². The Labute approximate surface area is 177 Å². The van der Waals surface area contributed by atoms with E-state index in [0.717, 1.165) is 35.5 Å². The zero-order valence-corrected chi connectivity index (χ0v) is 19.9. The van der Waals surface area contributed by atoms with E-state index in [1.54, 1.807) is 38.5 Å². The Kier molecular flexibility index (Phi) is 7.42. The molecular formula is C28H50. The van der Waals surface area contributed by atoms with E-state index in [0.29, 0.717) is 10.8 Å². The second-order valence-corrected chi connectivity index (χ2v) is 11.2. The molecule has 8 atom stereocenters. The van der Waals surface area contributed by atoms with Gasteiger partial charge in [0.05, 0.1) is 0 Å². The minimum atomic E-state index is 0.673. The fourth-order valence-corrected chi connectivity index (χ4v) is 8.81. The van der Waals surface area contributed by atoms with Crippen molar-refractivity contribution in [3.05, 3.63) is 12.7 Å². The molecule has 0 nitrogen and oxygen atoms in total. The number of hydrogen-bond donors (Lipinski definition) is 0. The Morgan fingerprint density at radius 3 is 2.32 bits per heavy atom. The first-order chi connectivity index (χ1) is 13.5. The monoisotopic (exact) mass is 386 g/mol. The van der Waals surface area contributed by atoms with Gasteiger partial charge in [-0.05, 0) is 123 Å². The van der Waals surface area contributed by atoms with Gasteiger partial charge >= 0.3 is 0 Å². The van der Waals surface area contributed by atoms with Gasteiger partial charge in [-0.3, -0.25) is 0 Å². The van der Waals surface area contributed by atoms with Gasteiger partial charge in [-0.2, -0.15) is 0 Å². The molecule has 0 saturated heterocycles. The summed E-state index contributed by atoms with van der Waals surface area (Å²) in [6.07, 6.45) is 21.5. The van der Waals surface area contributed by atoms with E-state index in [9.17, 15) is 0 Å². The quantitative estimate of drug-likeness (QED) is 0.326. The lowest BCUT2D eigenvalue weighted by Crippen LogP contribution is -2.53. The van der Waals surface area contributed by atoms with Crippen LogP contribution in [0.3, 0.4) is 0 Å². The zero-order chi connectivity index (χ0) is 20.4. The van der Waals surface area contributed by atoms with Gasteiger partial charge in [0.15, 0.2) is 0 Å². The Hall–Kier alpha value is -0.260. The molecule has 0 radical (unpaired) electrons. The van der Waals surface area contributed by atoms with Gasteiger partial charge in [-0.25, -0.2) is 0 Å². The standard InChI is InChI=1S/C26H44.C2H6/c1-5-7-8-9-20-11-13-23-22-12-10-21-18-19(6-2)14-16-26(21,4)24(22)15-17-25(20,23)3;1-2/h5,19-24H,1,6-18H2,2-4H3;1-2H3. The summed E-state index contributed by atoms with van der Waals surface area (Å²) in [6.45, 7) is 15.8. The van der Waals surface area contributed by atoms with Gasteiger partial charge in [0, 0.05) is 0 Å². The molecule has 0 aromatic heterocycles. The molecule has 28 heavy (non-hydrogen) atoms. The molecule has 4 aliphatic rings. The Morgan fingerprint density at radius 1 is 0.893 bits per heavy atom. The van der Waals surface area contributed by atoms with E-state index in [1.807, 2.05) is 13.8 Å². The van der Waals surface area contributed by atoms with Crippen LogP contribution in [0.1, 0.15) is 118 Å². The third-order valence-corrected chi connectivity index (χ3v) is 10.5. The zero-order valence-electron chi connectivity index (χ0n) is 19.9. The smallest absolute Gasteiger partial charge is 0.0266 e. The third-order valence-electron chi connectivity index (χ3n) is 10.5. The van der Waals surface area contributed by atoms with Crippen molar-refractivity contribution in [1.82, 2.24) is 0 Å². The van der Waals surface area contributed by atoms with Crippen LogP contribution in [0.25, 0.3) is 0 Å². The first kappa shape index (κ1) is 22.4. The molecule has 0 aromatic carbocycles. The Balaban J connectivity index is 0.00000109. The molecule has 0 heterocycles. The third kappa shape index (κ3) is 3.76. The lowest BCUT2D eigenvalue weighted by molar-refractivity contribution is -0.118. The highest BCUT2D eigenvalue weighted by atomic mass is 14.6. The normalized spacial score (nSPS) is 47.2. The largest absolute Gasteiger partial charge is 0.103 e. The summed E-state index contributed by atoms with van der Waals surface area (Å²) >= 11 is 0. The highest BCUT2D eigenvalue weighted by Crippen LogP contribution is 2.68. The summed E-state index contributed by atoms with van der Waals surface area (Å²) in [4.78, 5) is 0. The first-order valence-corrected chi connectivity index (χ1v) is 13.1. The maximum absolute atomic E-state index is 3.93. The van der Waals surface area contributed by atoms with Gasteiger partial charge < -0.3 is 0 Å². The van der Waals surface area contributed by atoms with Crippen molar-refractivity contribution < 1.29 is 0 Å². The lowest BCUT2D eigenvalue weighted by Gasteiger charge is -2.61. The van der Waals surface area contributed by atoms with Crippen molar-refractivity contribution in [2.45, 2.75) is 118 Å². The maximum Gasteiger partial charge on any atom is -0.0266 e. The number of rotatable bonds is 5. The van der Waals surface area contributed by atoms with Crippen molar-refractivity contribution in [1.29, 1.82) is 0 Å². The topological polar surface area (TPSA) is 0 Å². The SMILES string of the molecule is C=CCCCC1CCC2C3CCC4CC(CC)CCC4(C)C3CCC12C.CC. The molecule has 4 fully saturated rings. The number of allylic oxidation sites excluding steroid dienone is 1. The second-order valence-electron chi connectivity index (χ2n) is 11.2. The molecule has 162 valence electrons. The van der Waals surface area contributed by atoms with E-state index in [-0.39, 0.29) is 0 Å². The minimum absolute atomic E-state index is 0.673. The molecule has 8 unspecified atom stereocenters. The van der Waals surface area contributed by atoms with Gasteiger partial charge in [-0.15, -0.1) is 6.58 Å². The summed E-state index contributed by atoms with van der Waals surface area (Å²) in [7, 11) is 0. The summed E-state index contributed by atoms with van der Waals surface area (Å²) in [5, 5.41) is 0. The molecule has 0 N–H and O–H groups in total. The van der Waals surface area contributed by atoms with Crippen molar-refractivity contribution in [3.63, 3.8) is 0 Å². The van der Waals surface area contributed by atoms with Crippen LogP contribution in [0.4, 0.5) is 0 Å². The predicted octanol–water partition coefficient (Wildman–Crippen LogP) is 9.05. The predicted molar refractivity (Wildman–Crippen MR) is 124 cm³/mol. The van der Waals surface area contributed by atoms with Crippen LogP contribution in [0.15, 0.2) is 12.7 Å². The Bertz CT molecular complexity index is 506.